The third-order valence-electron chi connectivity index (χ3n) is 5.90. The molecule has 4 nitrogen and oxygen atoms in total. The number of rotatable bonds is 3. The lowest BCUT2D eigenvalue weighted by atomic mass is 9.49. The lowest BCUT2D eigenvalue weighted by molar-refractivity contribution is -0.0624. The Morgan fingerprint density at radius 1 is 1.30 bits per heavy atom. The van der Waals surface area contributed by atoms with Crippen LogP contribution >= 0.6 is 0 Å². The first-order chi connectivity index (χ1) is 9.55. The molecule has 0 atom stereocenters. The van der Waals surface area contributed by atoms with E-state index >= 15 is 0 Å². The molecule has 0 aromatic carbocycles. The van der Waals surface area contributed by atoms with Gasteiger partial charge in [-0.1, -0.05) is 0 Å². The predicted octanol–water partition coefficient (Wildman–Crippen LogP) is 3.11. The molecule has 0 radical (unpaired) electrons. The van der Waals surface area contributed by atoms with Crippen LogP contribution < -0.4 is 0 Å². The van der Waals surface area contributed by atoms with Crippen LogP contribution in [-0.2, 0) is 6.54 Å². The second-order valence-corrected chi connectivity index (χ2v) is 7.53. The third kappa shape index (κ3) is 1.80. The Kier molecular flexibility index (Phi) is 2.54. The Morgan fingerprint density at radius 3 is 2.35 bits per heavy atom. The summed E-state index contributed by atoms with van der Waals surface area (Å²) < 4.78 is 1.95. The molecule has 108 valence electrons. The van der Waals surface area contributed by atoms with Gasteiger partial charge in [-0.15, -0.1) is 0 Å². The van der Waals surface area contributed by atoms with E-state index in [0.717, 1.165) is 30.0 Å². The molecule has 4 aliphatic rings. The average molecular weight is 274 g/mol. The molecule has 4 aliphatic carbocycles. The fraction of sp³-hybridized carbons (Fsp3) is 0.750. The van der Waals surface area contributed by atoms with Crippen molar-refractivity contribution < 1.29 is 9.90 Å². The number of carboxylic acids is 1. The van der Waals surface area contributed by atoms with Crippen molar-refractivity contribution in [3.63, 3.8) is 0 Å². The lowest BCUT2D eigenvalue weighted by Gasteiger charge is -2.57. The summed E-state index contributed by atoms with van der Waals surface area (Å²) in [6.45, 7) is 2.84. The quantitative estimate of drug-likeness (QED) is 0.921. The smallest absolute Gasteiger partial charge is 0.372 e. The summed E-state index contributed by atoms with van der Waals surface area (Å²) in [5.41, 5.74) is 1.34. The zero-order chi connectivity index (χ0) is 13.9. The summed E-state index contributed by atoms with van der Waals surface area (Å²) in [6.07, 6.45) is 9.88. The van der Waals surface area contributed by atoms with Gasteiger partial charge in [0.25, 0.3) is 0 Å². The molecule has 0 spiro atoms. The second kappa shape index (κ2) is 4.09. The number of carboxylic acid groups (broad SMARTS) is 1. The lowest BCUT2D eigenvalue weighted by Crippen LogP contribution is -2.48. The van der Waals surface area contributed by atoms with Crippen molar-refractivity contribution in [3.05, 3.63) is 17.7 Å². The van der Waals surface area contributed by atoms with Crippen molar-refractivity contribution >= 4 is 5.97 Å². The van der Waals surface area contributed by atoms with Crippen LogP contribution in [0.15, 0.2) is 6.20 Å². The zero-order valence-electron chi connectivity index (χ0n) is 12.0. The van der Waals surface area contributed by atoms with Gasteiger partial charge in [-0.25, -0.2) is 9.78 Å². The number of imidazole rings is 1. The number of aromatic nitrogens is 2. The minimum Gasteiger partial charge on any atom is -0.475 e. The highest BCUT2D eigenvalue weighted by molar-refractivity contribution is 5.83. The van der Waals surface area contributed by atoms with Gasteiger partial charge < -0.3 is 9.67 Å². The largest absolute Gasteiger partial charge is 0.475 e. The Labute approximate surface area is 119 Å². The summed E-state index contributed by atoms with van der Waals surface area (Å²) in [7, 11) is 0. The van der Waals surface area contributed by atoms with E-state index in [-0.39, 0.29) is 5.82 Å². The molecule has 1 N–H and O–H groups in total. The van der Waals surface area contributed by atoms with Crippen molar-refractivity contribution in [2.75, 3.05) is 0 Å². The molecule has 4 fully saturated rings. The monoisotopic (exact) mass is 274 g/mol. The molecule has 4 heteroatoms. The van der Waals surface area contributed by atoms with E-state index in [2.05, 4.69) is 4.98 Å². The highest BCUT2D eigenvalue weighted by Gasteiger charge is 2.51. The summed E-state index contributed by atoms with van der Waals surface area (Å²) >= 11 is 0. The fourth-order valence-corrected chi connectivity index (χ4v) is 5.65. The number of aryl methyl sites for hydroxylation is 1. The number of carbonyl (C=O) groups is 1. The van der Waals surface area contributed by atoms with Crippen LogP contribution in [0.5, 0.6) is 0 Å². The number of aromatic carboxylic acids is 1. The van der Waals surface area contributed by atoms with Crippen LogP contribution in [0.25, 0.3) is 0 Å². The maximum absolute atomic E-state index is 11.3. The van der Waals surface area contributed by atoms with Gasteiger partial charge in [0.05, 0.1) is 0 Å². The van der Waals surface area contributed by atoms with Crippen molar-refractivity contribution in [1.29, 1.82) is 0 Å². The standard InChI is InChI=1S/C16H22N2O2/c1-10-8-17-14(15(19)20)18(10)9-16-5-11-2-12(6-16)4-13(3-11)7-16/h8,11-13H,2-7,9H2,1H3,(H,19,20). The van der Waals surface area contributed by atoms with Gasteiger partial charge in [-0.2, -0.15) is 0 Å². The Hall–Kier alpha value is -1.32. The molecule has 4 saturated carbocycles. The number of hydrogen-bond donors (Lipinski definition) is 1. The first-order valence-corrected chi connectivity index (χ1v) is 7.80. The van der Waals surface area contributed by atoms with E-state index in [4.69, 9.17) is 0 Å². The van der Waals surface area contributed by atoms with E-state index in [0.29, 0.717) is 5.41 Å². The van der Waals surface area contributed by atoms with E-state index < -0.39 is 5.97 Å². The molecule has 1 aromatic rings. The number of nitrogens with zero attached hydrogens (tertiary/aromatic N) is 2. The molecule has 5 rings (SSSR count). The molecule has 1 aromatic heterocycles. The van der Waals surface area contributed by atoms with Crippen molar-refractivity contribution in [3.8, 4) is 0 Å². The van der Waals surface area contributed by atoms with Crippen molar-refractivity contribution in [2.24, 2.45) is 23.2 Å². The van der Waals surface area contributed by atoms with E-state index in [9.17, 15) is 9.90 Å². The highest BCUT2D eigenvalue weighted by atomic mass is 16.4. The summed E-state index contributed by atoms with van der Waals surface area (Å²) in [6, 6.07) is 0. The van der Waals surface area contributed by atoms with Gasteiger partial charge in [-0.05, 0) is 68.6 Å². The maximum atomic E-state index is 11.3. The summed E-state index contributed by atoms with van der Waals surface area (Å²) in [4.78, 5) is 15.4. The second-order valence-electron chi connectivity index (χ2n) is 7.53. The Bertz CT molecular complexity index is 526. The molecule has 0 saturated heterocycles. The van der Waals surface area contributed by atoms with Gasteiger partial charge in [0.15, 0.2) is 0 Å². The molecule has 0 unspecified atom stereocenters. The molecular formula is C16H22N2O2. The van der Waals surface area contributed by atoms with Gasteiger partial charge in [0, 0.05) is 18.4 Å². The summed E-state index contributed by atoms with van der Waals surface area (Å²) in [5, 5.41) is 9.31. The fourth-order valence-electron chi connectivity index (χ4n) is 5.65. The summed E-state index contributed by atoms with van der Waals surface area (Å²) in [5.74, 6) is 2.02. The molecule has 4 bridgehead atoms. The van der Waals surface area contributed by atoms with Gasteiger partial charge in [0.2, 0.25) is 5.82 Å². The van der Waals surface area contributed by atoms with Crippen LogP contribution in [0.3, 0.4) is 0 Å². The van der Waals surface area contributed by atoms with Crippen LogP contribution in [0.2, 0.25) is 0 Å². The van der Waals surface area contributed by atoms with E-state index in [1.165, 1.54) is 38.5 Å². The normalized spacial score (nSPS) is 38.4. The minimum absolute atomic E-state index is 0.221. The van der Waals surface area contributed by atoms with Crippen molar-refractivity contribution in [1.82, 2.24) is 9.55 Å². The molecule has 1 heterocycles. The average Bonchev–Trinajstić information content (AvgIpc) is 2.68. The maximum Gasteiger partial charge on any atom is 0.372 e. The molecule has 20 heavy (non-hydrogen) atoms. The first-order valence-electron chi connectivity index (χ1n) is 7.80. The number of hydrogen-bond acceptors (Lipinski definition) is 2. The molecule has 0 aliphatic heterocycles. The zero-order valence-corrected chi connectivity index (χ0v) is 12.0. The topological polar surface area (TPSA) is 55.1 Å². The third-order valence-corrected chi connectivity index (χ3v) is 5.90. The predicted molar refractivity (Wildman–Crippen MR) is 74.5 cm³/mol. The minimum atomic E-state index is -0.900. The van der Waals surface area contributed by atoms with Crippen LogP contribution in [0.1, 0.15) is 54.8 Å². The van der Waals surface area contributed by atoms with E-state index in [1.54, 1.807) is 6.20 Å². The molecule has 0 amide bonds. The van der Waals surface area contributed by atoms with Crippen LogP contribution in [0, 0.1) is 30.1 Å². The van der Waals surface area contributed by atoms with Gasteiger partial charge in [0.1, 0.15) is 0 Å². The van der Waals surface area contributed by atoms with E-state index in [1.807, 2.05) is 11.5 Å². The van der Waals surface area contributed by atoms with Crippen molar-refractivity contribution in [2.45, 2.75) is 52.0 Å². The van der Waals surface area contributed by atoms with Crippen LogP contribution in [0.4, 0.5) is 0 Å². The Balaban J connectivity index is 1.66. The highest BCUT2D eigenvalue weighted by Crippen LogP contribution is 2.60. The molecular weight excluding hydrogens is 252 g/mol. The SMILES string of the molecule is Cc1cnc(C(=O)O)n1CC12CC3CC(CC(C3)C1)C2. The first kappa shape index (κ1) is 12.4. The van der Waals surface area contributed by atoms with Gasteiger partial charge in [-0.3, -0.25) is 0 Å². The van der Waals surface area contributed by atoms with Gasteiger partial charge >= 0.3 is 5.97 Å². The Morgan fingerprint density at radius 2 is 1.85 bits per heavy atom. The van der Waals surface area contributed by atoms with Crippen LogP contribution in [-0.4, -0.2) is 20.6 Å².